The second-order valence-electron chi connectivity index (χ2n) is 9.83. The molecule has 0 saturated carbocycles. The standard InChI is InChI=1S/C25H40BrN3O2/c1-19(2)31-23-7-8-24(26)22(17-23)16-20-9-13-28(14-10-20)15-11-21-6-5-12-29(18-21)25(30)27(3)4/h7-8,17,19-21H,5-6,9-16,18H2,1-4H3. The zero-order valence-corrected chi connectivity index (χ0v) is 21.4. The van der Waals surface area contributed by atoms with Crippen molar-refractivity contribution in [2.75, 3.05) is 46.8 Å². The molecule has 2 heterocycles. The molecule has 31 heavy (non-hydrogen) atoms. The van der Waals surface area contributed by atoms with E-state index in [0.717, 1.165) is 37.6 Å². The molecule has 3 rings (SSSR count). The summed E-state index contributed by atoms with van der Waals surface area (Å²) in [6.07, 6.45) is 7.46. The molecule has 1 unspecified atom stereocenters. The number of halogens is 1. The van der Waals surface area contributed by atoms with E-state index in [2.05, 4.69) is 52.9 Å². The van der Waals surface area contributed by atoms with Crippen LogP contribution in [0.4, 0.5) is 4.79 Å². The summed E-state index contributed by atoms with van der Waals surface area (Å²) in [5, 5.41) is 0. The lowest BCUT2D eigenvalue weighted by Crippen LogP contribution is -2.45. The number of rotatable bonds is 7. The molecule has 2 fully saturated rings. The lowest BCUT2D eigenvalue weighted by molar-refractivity contribution is 0.127. The Balaban J connectivity index is 1.41. The van der Waals surface area contributed by atoms with E-state index in [1.807, 2.05) is 19.0 Å². The first-order valence-corrected chi connectivity index (χ1v) is 12.7. The average Bonchev–Trinajstić information content (AvgIpc) is 2.75. The summed E-state index contributed by atoms with van der Waals surface area (Å²) in [5.74, 6) is 2.36. The van der Waals surface area contributed by atoms with Crippen molar-refractivity contribution in [1.29, 1.82) is 0 Å². The molecular weight excluding hydrogens is 454 g/mol. The zero-order chi connectivity index (χ0) is 22.4. The van der Waals surface area contributed by atoms with Crippen LogP contribution in [0, 0.1) is 11.8 Å². The van der Waals surface area contributed by atoms with E-state index in [-0.39, 0.29) is 12.1 Å². The summed E-state index contributed by atoms with van der Waals surface area (Å²) < 4.78 is 7.08. The molecular formula is C25H40BrN3O2. The van der Waals surface area contributed by atoms with Crippen LogP contribution in [0.25, 0.3) is 0 Å². The predicted molar refractivity (Wildman–Crippen MR) is 131 cm³/mol. The van der Waals surface area contributed by atoms with Crippen molar-refractivity contribution in [2.24, 2.45) is 11.8 Å². The van der Waals surface area contributed by atoms with Crippen LogP contribution in [0.3, 0.4) is 0 Å². The molecule has 0 aromatic heterocycles. The lowest BCUT2D eigenvalue weighted by Gasteiger charge is -2.36. The van der Waals surface area contributed by atoms with Gasteiger partial charge in [0.05, 0.1) is 6.10 Å². The molecule has 1 atom stereocenters. The molecule has 174 valence electrons. The van der Waals surface area contributed by atoms with E-state index in [0.29, 0.717) is 5.92 Å². The predicted octanol–water partition coefficient (Wildman–Crippen LogP) is 5.27. The number of amides is 2. The van der Waals surface area contributed by atoms with Crippen LogP contribution >= 0.6 is 15.9 Å². The maximum absolute atomic E-state index is 12.3. The first kappa shape index (κ1) is 24.4. The van der Waals surface area contributed by atoms with Crippen LogP contribution in [0.5, 0.6) is 5.75 Å². The SMILES string of the molecule is CC(C)Oc1ccc(Br)c(CC2CCN(CCC3CCCN(C(=O)N(C)C)C3)CC2)c1. The van der Waals surface area contributed by atoms with Crippen molar-refractivity contribution >= 4 is 22.0 Å². The maximum atomic E-state index is 12.3. The van der Waals surface area contributed by atoms with Gasteiger partial charge in [-0.05, 0) is 108 Å². The molecule has 1 aromatic carbocycles. The lowest BCUT2D eigenvalue weighted by atomic mass is 9.89. The first-order chi connectivity index (χ1) is 14.8. The van der Waals surface area contributed by atoms with Crippen LogP contribution in [0.15, 0.2) is 22.7 Å². The minimum Gasteiger partial charge on any atom is -0.491 e. The fraction of sp³-hybridized carbons (Fsp3) is 0.720. The molecule has 5 nitrogen and oxygen atoms in total. The van der Waals surface area contributed by atoms with E-state index in [1.54, 1.807) is 4.90 Å². The number of urea groups is 1. The molecule has 0 radical (unpaired) electrons. The van der Waals surface area contributed by atoms with Gasteiger partial charge in [0.1, 0.15) is 5.75 Å². The average molecular weight is 495 g/mol. The highest BCUT2D eigenvalue weighted by molar-refractivity contribution is 9.10. The summed E-state index contributed by atoms with van der Waals surface area (Å²) in [5.41, 5.74) is 1.37. The summed E-state index contributed by atoms with van der Waals surface area (Å²) >= 11 is 3.73. The molecule has 2 saturated heterocycles. The summed E-state index contributed by atoms with van der Waals surface area (Å²) in [6.45, 7) is 9.54. The van der Waals surface area contributed by atoms with Gasteiger partial charge in [-0.2, -0.15) is 0 Å². The molecule has 0 bridgehead atoms. The van der Waals surface area contributed by atoms with Crippen LogP contribution in [0.2, 0.25) is 0 Å². The molecule has 1 aromatic rings. The number of likely N-dealkylation sites (tertiary alicyclic amines) is 2. The Kier molecular flexibility index (Phi) is 9.08. The largest absolute Gasteiger partial charge is 0.491 e. The van der Waals surface area contributed by atoms with E-state index < -0.39 is 0 Å². The summed E-state index contributed by atoms with van der Waals surface area (Å²) in [7, 11) is 3.70. The van der Waals surface area contributed by atoms with Gasteiger partial charge in [0.2, 0.25) is 0 Å². The topological polar surface area (TPSA) is 36.0 Å². The smallest absolute Gasteiger partial charge is 0.319 e. The third-order valence-corrected chi connectivity index (χ3v) is 7.40. The normalized spacial score (nSPS) is 20.8. The third-order valence-electron chi connectivity index (χ3n) is 6.63. The van der Waals surface area contributed by atoms with Crippen molar-refractivity contribution in [3.05, 3.63) is 28.2 Å². The highest BCUT2D eigenvalue weighted by Crippen LogP contribution is 2.29. The van der Waals surface area contributed by atoms with Gasteiger partial charge in [0.25, 0.3) is 0 Å². The number of benzene rings is 1. The van der Waals surface area contributed by atoms with Crippen molar-refractivity contribution in [1.82, 2.24) is 14.7 Å². The molecule has 0 spiro atoms. The number of hydrogen-bond donors (Lipinski definition) is 0. The molecule has 0 aliphatic carbocycles. The van der Waals surface area contributed by atoms with E-state index in [4.69, 9.17) is 4.74 Å². The quantitative estimate of drug-likeness (QED) is 0.518. The Labute approximate surface area is 197 Å². The van der Waals surface area contributed by atoms with E-state index >= 15 is 0 Å². The Morgan fingerprint density at radius 3 is 2.58 bits per heavy atom. The van der Waals surface area contributed by atoms with Crippen LogP contribution in [-0.2, 0) is 6.42 Å². The third kappa shape index (κ3) is 7.38. The first-order valence-electron chi connectivity index (χ1n) is 12.0. The molecule has 6 heteroatoms. The Hall–Kier alpha value is -1.27. The minimum absolute atomic E-state index is 0.166. The fourth-order valence-electron chi connectivity index (χ4n) is 4.90. The van der Waals surface area contributed by atoms with Gasteiger partial charge in [-0.15, -0.1) is 0 Å². The minimum atomic E-state index is 0.166. The fourth-order valence-corrected chi connectivity index (χ4v) is 5.31. The number of hydrogen-bond acceptors (Lipinski definition) is 3. The zero-order valence-electron chi connectivity index (χ0n) is 19.8. The van der Waals surface area contributed by atoms with Gasteiger partial charge in [-0.1, -0.05) is 15.9 Å². The Bertz CT molecular complexity index is 717. The van der Waals surface area contributed by atoms with Crippen molar-refractivity contribution in [2.45, 2.75) is 58.5 Å². The molecule has 2 aliphatic heterocycles. The number of nitrogens with zero attached hydrogens (tertiary/aromatic N) is 3. The monoisotopic (exact) mass is 493 g/mol. The van der Waals surface area contributed by atoms with Gasteiger partial charge < -0.3 is 19.4 Å². The van der Waals surface area contributed by atoms with Gasteiger partial charge in [-0.25, -0.2) is 4.79 Å². The highest BCUT2D eigenvalue weighted by Gasteiger charge is 2.26. The second-order valence-corrected chi connectivity index (χ2v) is 10.7. The summed E-state index contributed by atoms with van der Waals surface area (Å²) in [6, 6.07) is 6.55. The number of carbonyl (C=O) groups is 1. The van der Waals surface area contributed by atoms with Crippen LogP contribution < -0.4 is 4.74 Å². The molecule has 2 amide bonds. The highest BCUT2D eigenvalue weighted by atomic mass is 79.9. The van der Waals surface area contributed by atoms with Gasteiger partial charge in [0, 0.05) is 31.7 Å². The Morgan fingerprint density at radius 1 is 1.16 bits per heavy atom. The summed E-state index contributed by atoms with van der Waals surface area (Å²) in [4.78, 5) is 18.6. The second kappa shape index (κ2) is 11.6. The number of ether oxygens (including phenoxy) is 1. The van der Waals surface area contributed by atoms with Gasteiger partial charge in [-0.3, -0.25) is 0 Å². The van der Waals surface area contributed by atoms with Crippen molar-refractivity contribution < 1.29 is 9.53 Å². The number of piperidine rings is 2. The van der Waals surface area contributed by atoms with Crippen LogP contribution in [0.1, 0.15) is 51.5 Å². The van der Waals surface area contributed by atoms with Gasteiger partial charge in [0.15, 0.2) is 0 Å². The maximum Gasteiger partial charge on any atom is 0.319 e. The molecule has 0 N–H and O–H groups in total. The van der Waals surface area contributed by atoms with Gasteiger partial charge >= 0.3 is 6.03 Å². The molecule has 2 aliphatic rings. The Morgan fingerprint density at radius 2 is 1.90 bits per heavy atom. The van der Waals surface area contributed by atoms with Crippen LogP contribution in [-0.4, -0.2) is 73.7 Å². The van der Waals surface area contributed by atoms with Crippen molar-refractivity contribution in [3.8, 4) is 5.75 Å². The van der Waals surface area contributed by atoms with E-state index in [1.165, 1.54) is 55.4 Å². The van der Waals surface area contributed by atoms with E-state index in [9.17, 15) is 4.79 Å². The number of carbonyl (C=O) groups excluding carboxylic acids is 1. The van der Waals surface area contributed by atoms with Crippen molar-refractivity contribution in [3.63, 3.8) is 0 Å².